The molecule has 0 spiro atoms. The van der Waals surface area contributed by atoms with E-state index in [1.165, 1.54) is 11.8 Å². The molecular weight excluding hydrogens is 608 g/mol. The lowest BCUT2D eigenvalue weighted by atomic mass is 10.1. The summed E-state index contributed by atoms with van der Waals surface area (Å²) in [7, 11) is 1.57. The van der Waals surface area contributed by atoms with Gasteiger partial charge in [0.2, 0.25) is 0 Å². The maximum absolute atomic E-state index is 13.7. The zero-order valence-corrected chi connectivity index (χ0v) is 25.3. The van der Waals surface area contributed by atoms with E-state index in [0.29, 0.717) is 38.8 Å². The molecular formula is C32H26BrClN2O3S. The Morgan fingerprint density at radius 3 is 2.25 bits per heavy atom. The molecule has 0 radical (unpaired) electrons. The topological polar surface area (TPSA) is 51.1 Å². The van der Waals surface area contributed by atoms with Gasteiger partial charge in [-0.25, -0.2) is 4.99 Å². The van der Waals surface area contributed by atoms with Gasteiger partial charge in [-0.1, -0.05) is 75.1 Å². The molecule has 40 heavy (non-hydrogen) atoms. The van der Waals surface area contributed by atoms with Gasteiger partial charge in [-0.3, -0.25) is 9.69 Å². The molecule has 5 rings (SSSR count). The van der Waals surface area contributed by atoms with Crippen LogP contribution in [0.4, 0.5) is 11.4 Å². The van der Waals surface area contributed by atoms with Gasteiger partial charge in [0.1, 0.15) is 6.61 Å². The molecule has 0 bridgehead atoms. The van der Waals surface area contributed by atoms with E-state index in [1.807, 2.05) is 92.7 Å². The number of hydrogen-bond acceptors (Lipinski definition) is 5. The first-order chi connectivity index (χ1) is 19.3. The Morgan fingerprint density at radius 2 is 1.60 bits per heavy atom. The molecule has 0 saturated carbocycles. The fourth-order valence-corrected chi connectivity index (χ4v) is 5.59. The van der Waals surface area contributed by atoms with Crippen molar-refractivity contribution in [3.63, 3.8) is 0 Å². The van der Waals surface area contributed by atoms with E-state index < -0.39 is 0 Å². The number of rotatable bonds is 7. The zero-order chi connectivity index (χ0) is 28.2. The third-order valence-electron chi connectivity index (χ3n) is 6.20. The number of aryl methyl sites for hydroxylation is 2. The predicted octanol–water partition coefficient (Wildman–Crippen LogP) is 9.12. The number of amidine groups is 1. The van der Waals surface area contributed by atoms with Crippen LogP contribution in [-0.4, -0.2) is 18.2 Å². The van der Waals surface area contributed by atoms with Crippen molar-refractivity contribution in [3.05, 3.63) is 122 Å². The summed E-state index contributed by atoms with van der Waals surface area (Å²) in [4.78, 5) is 20.7. The van der Waals surface area contributed by atoms with Crippen LogP contribution in [0.1, 0.15) is 22.3 Å². The molecule has 0 N–H and O–H groups in total. The molecule has 1 heterocycles. The molecule has 1 aliphatic heterocycles. The molecule has 4 aromatic rings. The molecule has 1 saturated heterocycles. The van der Waals surface area contributed by atoms with Crippen LogP contribution >= 0.6 is 39.3 Å². The molecule has 1 aliphatic rings. The zero-order valence-electron chi connectivity index (χ0n) is 22.2. The van der Waals surface area contributed by atoms with Gasteiger partial charge in [0.25, 0.3) is 5.91 Å². The second kappa shape index (κ2) is 12.3. The minimum atomic E-state index is -0.162. The van der Waals surface area contributed by atoms with Gasteiger partial charge in [0.15, 0.2) is 16.7 Å². The van der Waals surface area contributed by atoms with Gasteiger partial charge < -0.3 is 9.47 Å². The number of carbonyl (C=O) groups excluding carboxylic acids is 1. The lowest BCUT2D eigenvalue weighted by Crippen LogP contribution is -2.28. The van der Waals surface area contributed by atoms with Crippen molar-refractivity contribution in [3.8, 4) is 11.5 Å². The fraction of sp³-hybridized carbons (Fsp3) is 0.125. The van der Waals surface area contributed by atoms with Crippen molar-refractivity contribution in [2.24, 2.45) is 4.99 Å². The average Bonchev–Trinajstić information content (AvgIpc) is 3.24. The number of thioether (sulfide) groups is 1. The van der Waals surface area contributed by atoms with E-state index in [-0.39, 0.29) is 5.91 Å². The van der Waals surface area contributed by atoms with E-state index in [1.54, 1.807) is 24.2 Å². The number of halogens is 2. The van der Waals surface area contributed by atoms with Crippen molar-refractivity contribution in [1.82, 2.24) is 0 Å². The molecule has 202 valence electrons. The number of amides is 1. The summed E-state index contributed by atoms with van der Waals surface area (Å²) in [5, 5.41) is 0.971. The van der Waals surface area contributed by atoms with Crippen LogP contribution in [0.3, 0.4) is 0 Å². The van der Waals surface area contributed by atoms with Gasteiger partial charge in [0, 0.05) is 4.47 Å². The molecule has 5 nitrogen and oxygen atoms in total. The normalized spacial score (nSPS) is 15.2. The highest BCUT2D eigenvalue weighted by Gasteiger charge is 2.35. The summed E-state index contributed by atoms with van der Waals surface area (Å²) >= 11 is 11.4. The summed E-state index contributed by atoms with van der Waals surface area (Å²) in [5.41, 5.74) is 5.50. The van der Waals surface area contributed by atoms with Crippen molar-refractivity contribution in [2.45, 2.75) is 20.5 Å². The van der Waals surface area contributed by atoms with E-state index in [4.69, 9.17) is 26.1 Å². The third kappa shape index (κ3) is 6.44. The Hall–Kier alpha value is -3.52. The summed E-state index contributed by atoms with van der Waals surface area (Å²) in [5.74, 6) is 0.767. The molecule has 0 aromatic heterocycles. The Labute approximate surface area is 251 Å². The first-order valence-corrected chi connectivity index (χ1v) is 14.5. The predicted molar refractivity (Wildman–Crippen MR) is 169 cm³/mol. The van der Waals surface area contributed by atoms with Crippen LogP contribution in [0.2, 0.25) is 5.02 Å². The smallest absolute Gasteiger partial charge is 0.271 e. The number of ether oxygens (including phenoxy) is 2. The standard InChI is InChI=1S/C32H26BrClN2O3S/c1-20-4-12-25(13-5-20)35-32-36(26-14-6-21(2)7-15-26)31(37)29(40-32)18-23-16-27(34)30(28(17-23)38-3)39-19-22-8-10-24(33)11-9-22/h4-18H,19H2,1-3H3/b29-18-,35-32?. The minimum absolute atomic E-state index is 0.162. The van der Waals surface area contributed by atoms with Crippen LogP contribution in [0.15, 0.2) is 99.3 Å². The monoisotopic (exact) mass is 632 g/mol. The molecule has 1 amide bonds. The van der Waals surface area contributed by atoms with Gasteiger partial charge in [-0.05, 0) is 91.3 Å². The SMILES string of the molecule is COc1cc(/C=C2\SC(=Nc3ccc(C)cc3)N(c3ccc(C)cc3)C2=O)cc(Cl)c1OCc1ccc(Br)cc1. The third-order valence-corrected chi connectivity index (χ3v) is 7.98. The molecule has 1 fully saturated rings. The maximum Gasteiger partial charge on any atom is 0.271 e. The lowest BCUT2D eigenvalue weighted by molar-refractivity contribution is -0.113. The number of anilines is 1. The first kappa shape index (κ1) is 28.0. The van der Waals surface area contributed by atoms with Crippen LogP contribution in [0.5, 0.6) is 11.5 Å². The van der Waals surface area contributed by atoms with E-state index in [9.17, 15) is 4.79 Å². The number of methoxy groups -OCH3 is 1. The lowest BCUT2D eigenvalue weighted by Gasteiger charge is -2.16. The Bertz CT molecular complexity index is 1600. The molecule has 0 aliphatic carbocycles. The van der Waals surface area contributed by atoms with Crippen molar-refractivity contribution in [1.29, 1.82) is 0 Å². The summed E-state index contributed by atoms with van der Waals surface area (Å²) < 4.78 is 12.6. The molecule has 4 aromatic carbocycles. The summed E-state index contributed by atoms with van der Waals surface area (Å²) in [6.45, 7) is 4.38. The van der Waals surface area contributed by atoms with Gasteiger partial charge in [-0.15, -0.1) is 0 Å². The number of aliphatic imine (C=N–C) groups is 1. The highest BCUT2D eigenvalue weighted by molar-refractivity contribution is 9.10. The Morgan fingerprint density at radius 1 is 0.950 bits per heavy atom. The molecule has 0 atom stereocenters. The van der Waals surface area contributed by atoms with E-state index in [0.717, 1.165) is 32.5 Å². The van der Waals surface area contributed by atoms with Gasteiger partial charge in [0.05, 0.1) is 28.4 Å². The van der Waals surface area contributed by atoms with Crippen LogP contribution < -0.4 is 14.4 Å². The van der Waals surface area contributed by atoms with Crippen LogP contribution in [0.25, 0.3) is 6.08 Å². The van der Waals surface area contributed by atoms with Crippen molar-refractivity contribution < 1.29 is 14.3 Å². The number of benzene rings is 4. The van der Waals surface area contributed by atoms with Gasteiger partial charge in [-0.2, -0.15) is 0 Å². The van der Waals surface area contributed by atoms with E-state index >= 15 is 0 Å². The van der Waals surface area contributed by atoms with Crippen molar-refractivity contribution in [2.75, 3.05) is 12.0 Å². The van der Waals surface area contributed by atoms with Crippen LogP contribution in [0, 0.1) is 13.8 Å². The quantitative estimate of drug-likeness (QED) is 0.191. The minimum Gasteiger partial charge on any atom is -0.493 e. The summed E-state index contributed by atoms with van der Waals surface area (Å²) in [6.07, 6.45) is 1.80. The second-order valence-electron chi connectivity index (χ2n) is 9.27. The Kier molecular flexibility index (Phi) is 8.64. The molecule has 0 unspecified atom stereocenters. The van der Waals surface area contributed by atoms with E-state index in [2.05, 4.69) is 15.9 Å². The fourth-order valence-electron chi connectivity index (χ4n) is 4.05. The van der Waals surface area contributed by atoms with Crippen LogP contribution in [-0.2, 0) is 11.4 Å². The number of nitrogens with zero attached hydrogens (tertiary/aromatic N) is 2. The van der Waals surface area contributed by atoms with Crippen molar-refractivity contribution >= 4 is 67.8 Å². The molecule has 8 heteroatoms. The van der Waals surface area contributed by atoms with Gasteiger partial charge >= 0.3 is 0 Å². The largest absolute Gasteiger partial charge is 0.493 e. The highest BCUT2D eigenvalue weighted by Crippen LogP contribution is 2.41. The second-order valence-corrected chi connectivity index (χ2v) is 11.6. The summed E-state index contributed by atoms with van der Waals surface area (Å²) in [6, 6.07) is 27.2. The maximum atomic E-state index is 13.7. The number of hydrogen-bond donors (Lipinski definition) is 0. The average molecular weight is 634 g/mol. The highest BCUT2D eigenvalue weighted by atomic mass is 79.9. The number of carbonyl (C=O) groups is 1. The first-order valence-electron chi connectivity index (χ1n) is 12.5. The Balaban J connectivity index is 1.46.